The molecule has 164 valence electrons. The molecule has 0 atom stereocenters. The Hall–Kier alpha value is -3.07. The summed E-state index contributed by atoms with van der Waals surface area (Å²) in [5, 5.41) is 6.73. The van der Waals surface area contributed by atoms with Gasteiger partial charge in [0.1, 0.15) is 0 Å². The highest BCUT2D eigenvalue weighted by Crippen LogP contribution is 2.18. The lowest BCUT2D eigenvalue weighted by atomic mass is 9.96. The quantitative estimate of drug-likeness (QED) is 0.383. The maximum absolute atomic E-state index is 11.5. The number of anilines is 2. The highest BCUT2D eigenvalue weighted by molar-refractivity contribution is 7.80. The van der Waals surface area contributed by atoms with Crippen molar-refractivity contribution in [3.63, 3.8) is 0 Å². The van der Waals surface area contributed by atoms with Crippen molar-refractivity contribution in [3.05, 3.63) is 46.8 Å². The van der Waals surface area contributed by atoms with Crippen LogP contribution in [0.5, 0.6) is 0 Å². The SMILES string of the molecule is Cc1cc(C)nc(N/C(=N/C(=S)Nc2ccc(C)c(C)c2)N2CCC(C(N)=O)CC2)n1. The first-order valence-corrected chi connectivity index (χ1v) is 10.7. The first-order chi connectivity index (χ1) is 14.7. The summed E-state index contributed by atoms with van der Waals surface area (Å²) in [5.41, 5.74) is 10.5. The number of nitrogens with zero attached hydrogens (tertiary/aromatic N) is 4. The van der Waals surface area contributed by atoms with Crippen molar-refractivity contribution in [2.24, 2.45) is 16.6 Å². The number of amides is 1. The molecule has 1 aromatic heterocycles. The molecule has 1 saturated heterocycles. The molecule has 0 unspecified atom stereocenters. The molecule has 31 heavy (non-hydrogen) atoms. The molecular formula is C22H29N7OS. The summed E-state index contributed by atoms with van der Waals surface area (Å²) in [5.74, 6) is 0.641. The summed E-state index contributed by atoms with van der Waals surface area (Å²) in [6, 6.07) is 7.96. The fourth-order valence-corrected chi connectivity index (χ4v) is 3.71. The topological polar surface area (TPSA) is 109 Å². The number of hydrogen-bond donors (Lipinski definition) is 3. The van der Waals surface area contributed by atoms with Crippen molar-refractivity contribution in [2.45, 2.75) is 40.5 Å². The predicted molar refractivity (Wildman–Crippen MR) is 128 cm³/mol. The molecule has 0 bridgehead atoms. The molecule has 1 amide bonds. The van der Waals surface area contributed by atoms with Gasteiger partial charge in [-0.15, -0.1) is 0 Å². The number of guanidine groups is 1. The van der Waals surface area contributed by atoms with Gasteiger partial charge in [-0.2, -0.15) is 4.99 Å². The number of carbonyl (C=O) groups excluding carboxylic acids is 1. The number of hydrogen-bond acceptors (Lipinski definition) is 4. The number of benzene rings is 1. The molecule has 0 radical (unpaired) electrons. The molecule has 0 aliphatic carbocycles. The third-order valence-corrected chi connectivity index (χ3v) is 5.56. The van der Waals surface area contributed by atoms with Crippen molar-refractivity contribution >= 4 is 40.8 Å². The molecular weight excluding hydrogens is 410 g/mol. The Balaban J connectivity index is 1.82. The first-order valence-electron chi connectivity index (χ1n) is 10.3. The number of nitrogens with one attached hydrogen (secondary N) is 2. The summed E-state index contributed by atoms with van der Waals surface area (Å²) in [6.45, 7) is 9.23. The average Bonchev–Trinajstić information content (AvgIpc) is 2.69. The van der Waals surface area contributed by atoms with Gasteiger partial charge < -0.3 is 16.0 Å². The van der Waals surface area contributed by atoms with Crippen LogP contribution in [0.15, 0.2) is 29.3 Å². The van der Waals surface area contributed by atoms with Crippen molar-refractivity contribution < 1.29 is 4.79 Å². The van der Waals surface area contributed by atoms with E-state index in [1.807, 2.05) is 38.1 Å². The summed E-state index contributed by atoms with van der Waals surface area (Å²) in [4.78, 5) is 27.1. The molecule has 8 nitrogen and oxygen atoms in total. The van der Waals surface area contributed by atoms with Gasteiger partial charge in [-0.25, -0.2) is 9.97 Å². The maximum atomic E-state index is 11.5. The van der Waals surface area contributed by atoms with Crippen LogP contribution in [-0.4, -0.2) is 44.9 Å². The van der Waals surface area contributed by atoms with Crippen LogP contribution in [0.4, 0.5) is 11.6 Å². The third-order valence-electron chi connectivity index (χ3n) is 5.37. The Kier molecular flexibility index (Phi) is 7.17. The fourth-order valence-electron chi connectivity index (χ4n) is 3.50. The van der Waals surface area contributed by atoms with Gasteiger partial charge in [-0.05, 0) is 82.1 Å². The van der Waals surface area contributed by atoms with E-state index < -0.39 is 0 Å². The van der Waals surface area contributed by atoms with Gasteiger partial charge in [-0.1, -0.05) is 6.07 Å². The molecule has 0 spiro atoms. The van der Waals surface area contributed by atoms with Crippen LogP contribution in [-0.2, 0) is 4.79 Å². The average molecular weight is 440 g/mol. The molecule has 2 aromatic rings. The Bertz CT molecular complexity index is 993. The Morgan fingerprint density at radius 1 is 1.06 bits per heavy atom. The number of nitrogens with two attached hydrogens (primary N) is 1. The molecule has 2 heterocycles. The van der Waals surface area contributed by atoms with Crippen LogP contribution in [0.2, 0.25) is 0 Å². The van der Waals surface area contributed by atoms with Crippen LogP contribution in [0.3, 0.4) is 0 Å². The highest BCUT2D eigenvalue weighted by Gasteiger charge is 2.25. The van der Waals surface area contributed by atoms with Crippen molar-refractivity contribution in [3.8, 4) is 0 Å². The molecule has 0 saturated carbocycles. The monoisotopic (exact) mass is 439 g/mol. The molecule has 1 aromatic carbocycles. The largest absolute Gasteiger partial charge is 0.369 e. The second-order valence-corrected chi connectivity index (χ2v) is 8.31. The Morgan fingerprint density at radius 2 is 1.71 bits per heavy atom. The van der Waals surface area contributed by atoms with E-state index in [2.05, 4.69) is 44.3 Å². The zero-order valence-electron chi connectivity index (χ0n) is 18.4. The normalized spacial score (nSPS) is 15.0. The smallest absolute Gasteiger partial charge is 0.229 e. The van der Waals surface area contributed by atoms with E-state index in [9.17, 15) is 4.79 Å². The fraction of sp³-hybridized carbons (Fsp3) is 0.409. The first kappa shape index (κ1) is 22.6. The van der Waals surface area contributed by atoms with Crippen molar-refractivity contribution in [2.75, 3.05) is 23.7 Å². The van der Waals surface area contributed by atoms with Crippen molar-refractivity contribution in [1.29, 1.82) is 0 Å². The van der Waals surface area contributed by atoms with Gasteiger partial charge >= 0.3 is 0 Å². The summed E-state index contributed by atoms with van der Waals surface area (Å²) >= 11 is 5.51. The van der Waals surface area contributed by atoms with Gasteiger partial charge in [0.2, 0.25) is 22.9 Å². The number of aliphatic imine (C=N–C) groups is 1. The lowest BCUT2D eigenvalue weighted by molar-refractivity contribution is -0.122. The van der Waals surface area contributed by atoms with Crippen LogP contribution >= 0.6 is 12.2 Å². The summed E-state index contributed by atoms with van der Waals surface area (Å²) < 4.78 is 0. The summed E-state index contributed by atoms with van der Waals surface area (Å²) in [7, 11) is 0. The molecule has 9 heteroatoms. The molecule has 1 aliphatic rings. The second kappa shape index (κ2) is 9.82. The second-order valence-electron chi connectivity index (χ2n) is 7.93. The minimum atomic E-state index is -0.254. The van der Waals surface area contributed by atoms with E-state index in [1.165, 1.54) is 11.1 Å². The van der Waals surface area contributed by atoms with E-state index in [4.69, 9.17) is 18.0 Å². The van der Waals surface area contributed by atoms with Gasteiger partial charge in [0.05, 0.1) is 0 Å². The van der Waals surface area contributed by atoms with E-state index in [-0.39, 0.29) is 11.8 Å². The number of likely N-dealkylation sites (tertiary alicyclic amines) is 1. The Morgan fingerprint density at radius 3 is 2.29 bits per heavy atom. The molecule has 1 fully saturated rings. The number of primary amides is 1. The van der Waals surface area contributed by atoms with E-state index >= 15 is 0 Å². The van der Waals surface area contributed by atoms with Crippen molar-refractivity contribution in [1.82, 2.24) is 14.9 Å². The molecule has 4 N–H and O–H groups in total. The lowest BCUT2D eigenvalue weighted by Gasteiger charge is -2.32. The van der Waals surface area contributed by atoms with Crippen LogP contribution in [0.25, 0.3) is 0 Å². The standard InChI is InChI=1S/C22H29N7OS/c1-13-5-6-18(11-14(13)2)26-22(31)28-21(27-20-24-15(3)12-16(4)25-20)29-9-7-17(8-10-29)19(23)30/h5-6,11-12,17H,7-10H2,1-4H3,(H2,23,30)(H2,24,25,26,27,28,31). The highest BCUT2D eigenvalue weighted by atomic mass is 32.1. The van der Waals surface area contributed by atoms with Gasteiger partial charge in [0.25, 0.3) is 0 Å². The van der Waals surface area contributed by atoms with Crippen LogP contribution in [0, 0.1) is 33.6 Å². The van der Waals surface area contributed by atoms with E-state index in [1.54, 1.807) is 0 Å². The Labute approximate surface area is 188 Å². The van der Waals surface area contributed by atoms with Crippen LogP contribution < -0.4 is 16.4 Å². The number of carbonyl (C=O) groups is 1. The van der Waals surface area contributed by atoms with Gasteiger partial charge in [0, 0.05) is 36.1 Å². The maximum Gasteiger partial charge on any atom is 0.229 e. The number of piperidine rings is 1. The lowest BCUT2D eigenvalue weighted by Crippen LogP contribution is -2.45. The van der Waals surface area contributed by atoms with E-state index in [0.717, 1.165) is 17.1 Å². The van der Waals surface area contributed by atoms with E-state index in [0.29, 0.717) is 43.0 Å². The number of rotatable bonds is 3. The molecule has 3 rings (SSSR count). The molecule has 1 aliphatic heterocycles. The van der Waals surface area contributed by atoms with Crippen LogP contribution in [0.1, 0.15) is 35.4 Å². The minimum absolute atomic E-state index is 0.115. The predicted octanol–water partition coefficient (Wildman–Crippen LogP) is 3.07. The zero-order chi connectivity index (χ0) is 22.5. The zero-order valence-corrected chi connectivity index (χ0v) is 19.2. The minimum Gasteiger partial charge on any atom is -0.369 e. The number of aromatic nitrogens is 2. The van der Waals surface area contributed by atoms with Gasteiger partial charge in [0.15, 0.2) is 0 Å². The third kappa shape index (κ3) is 6.21. The number of aryl methyl sites for hydroxylation is 4. The summed E-state index contributed by atoms with van der Waals surface area (Å²) in [6.07, 6.45) is 1.34. The number of thiocarbonyl (C=S) groups is 1. The van der Waals surface area contributed by atoms with Gasteiger partial charge in [-0.3, -0.25) is 10.1 Å².